The highest BCUT2D eigenvalue weighted by Crippen LogP contribution is 2.52. The van der Waals surface area contributed by atoms with Crippen molar-refractivity contribution in [1.29, 1.82) is 0 Å². The molecule has 306 valence electrons. The molecule has 16 heteroatoms. The number of pyridine rings is 1. The third-order valence-corrected chi connectivity index (χ3v) is 14.9. The maximum atomic E-state index is 14.9. The van der Waals surface area contributed by atoms with Crippen molar-refractivity contribution in [2.24, 2.45) is 29.6 Å². The highest BCUT2D eigenvalue weighted by Gasteiger charge is 2.62. The third-order valence-electron chi connectivity index (χ3n) is 13.1. The lowest BCUT2D eigenvalue weighted by Gasteiger charge is -2.33. The first-order valence-corrected chi connectivity index (χ1v) is 22.1. The molecule has 2 aromatic rings. The molecular formula is C41H51N5O10S. The van der Waals surface area contributed by atoms with Crippen molar-refractivity contribution < 1.29 is 46.5 Å². The van der Waals surface area contributed by atoms with Crippen molar-refractivity contribution in [3.8, 4) is 17.4 Å². The molecule has 0 spiro atoms. The molecule has 4 amide bonds. The number of amides is 4. The lowest BCUT2D eigenvalue weighted by molar-refractivity contribution is -0.142. The summed E-state index contributed by atoms with van der Waals surface area (Å²) in [5.41, 5.74) is -1.51. The van der Waals surface area contributed by atoms with Crippen molar-refractivity contribution in [2.45, 2.75) is 113 Å². The minimum atomic E-state index is -3.90. The average molecular weight is 806 g/mol. The molecule has 3 N–H and O–H groups in total. The fraction of sp³-hybridized carbons (Fsp3) is 0.634. The number of ether oxygens (including phenoxy) is 4. The van der Waals surface area contributed by atoms with E-state index >= 15 is 0 Å². The van der Waals surface area contributed by atoms with E-state index in [-0.39, 0.29) is 43.2 Å². The number of carbonyl (C=O) groups is 4. The van der Waals surface area contributed by atoms with Gasteiger partial charge in [0.05, 0.1) is 11.8 Å². The molecule has 7 aliphatic rings. The predicted octanol–water partition coefficient (Wildman–Crippen LogP) is 3.74. The number of alkyl carbamates (subject to hydrolysis) is 1. The lowest BCUT2D eigenvalue weighted by Crippen LogP contribution is -2.59. The van der Waals surface area contributed by atoms with Gasteiger partial charge in [-0.25, -0.2) is 18.2 Å². The van der Waals surface area contributed by atoms with Crippen LogP contribution in [0, 0.1) is 29.6 Å². The number of carbonyl (C=O) groups excluding carboxylic acids is 4. The van der Waals surface area contributed by atoms with Gasteiger partial charge in [-0.05, 0) is 99.7 Å². The first-order valence-electron chi connectivity index (χ1n) is 20.5. The summed E-state index contributed by atoms with van der Waals surface area (Å²) in [6.07, 6.45) is 10.0. The number of allylic oxidation sites excluding steroid dienone is 1. The molecular weight excluding hydrogens is 755 g/mol. The van der Waals surface area contributed by atoms with Crippen LogP contribution in [-0.2, 0) is 29.1 Å². The minimum Gasteiger partial charge on any atom is -0.486 e. The highest BCUT2D eigenvalue weighted by molar-refractivity contribution is 7.91. The van der Waals surface area contributed by atoms with E-state index in [1.165, 1.54) is 11.3 Å². The van der Waals surface area contributed by atoms with Crippen molar-refractivity contribution >= 4 is 44.6 Å². The van der Waals surface area contributed by atoms with Crippen LogP contribution in [0.25, 0.3) is 10.8 Å². The molecule has 10 atom stereocenters. The summed E-state index contributed by atoms with van der Waals surface area (Å²) in [5.74, 6) is 0.239. The monoisotopic (exact) mass is 805 g/mol. The van der Waals surface area contributed by atoms with E-state index in [2.05, 4.69) is 27.3 Å². The van der Waals surface area contributed by atoms with E-state index in [1.54, 1.807) is 12.3 Å². The Labute approximate surface area is 332 Å². The van der Waals surface area contributed by atoms with Crippen LogP contribution < -0.4 is 29.6 Å². The van der Waals surface area contributed by atoms with Gasteiger partial charge in [0, 0.05) is 29.3 Å². The lowest BCUT2D eigenvalue weighted by atomic mass is 9.88. The third kappa shape index (κ3) is 7.61. The molecule has 4 heterocycles. The normalized spacial score (nSPS) is 35.3. The van der Waals surface area contributed by atoms with Gasteiger partial charge in [-0.1, -0.05) is 26.0 Å². The molecule has 1 saturated heterocycles. The Hall–Kier alpha value is -4.60. The van der Waals surface area contributed by atoms with Gasteiger partial charge in [0.2, 0.25) is 27.7 Å². The zero-order valence-corrected chi connectivity index (χ0v) is 33.1. The number of nitrogens with zero attached hydrogens (tertiary/aromatic N) is 2. The summed E-state index contributed by atoms with van der Waals surface area (Å²) in [5, 5.41) is 6.60. The van der Waals surface area contributed by atoms with Crippen LogP contribution in [0.4, 0.5) is 4.79 Å². The molecule has 1 unspecified atom stereocenters. The molecule has 5 fully saturated rings. The van der Waals surface area contributed by atoms with Crippen LogP contribution in [0.3, 0.4) is 0 Å². The number of hydrogen-bond acceptors (Lipinski definition) is 11. The summed E-state index contributed by atoms with van der Waals surface area (Å²) in [6, 6.07) is 3.31. The second-order valence-corrected chi connectivity index (χ2v) is 19.4. The summed E-state index contributed by atoms with van der Waals surface area (Å²) < 4.78 is 52.2. The fourth-order valence-corrected chi connectivity index (χ4v) is 10.9. The molecule has 1 aromatic heterocycles. The standard InChI is InChI=1S/C41H51N5O10S/c1-22-5-3-4-6-26-20-41(26,39(49)45-57(51,52)29-7-8-29)44-36(47)32-19-28(55-37-31-9-10-33-35(54-14-13-53-33)30(31)11-12-42-37)21-46(32)38(48)34(23(2)15-22)43-40(50)56-27-17-24-16-25(24)18-27/h4,6,9-12,22-29,32,34H,3,5,7-8,13-21H2,1-2H3,(H,43,50)(H,44,47)(H,45,49)/b6-4-/t22-,23-,24-,25+,26-,27?,28-,32+,34+,41-/m1/s1. The molecule has 57 heavy (non-hydrogen) atoms. The Morgan fingerprint density at radius 1 is 0.965 bits per heavy atom. The zero-order chi connectivity index (χ0) is 39.6. The summed E-state index contributed by atoms with van der Waals surface area (Å²) in [6.45, 7) is 4.85. The average Bonchev–Trinajstić information content (AvgIpc) is 4.14. The van der Waals surface area contributed by atoms with Crippen molar-refractivity contribution in [3.05, 3.63) is 36.5 Å². The summed E-state index contributed by atoms with van der Waals surface area (Å²) in [4.78, 5) is 62.7. The van der Waals surface area contributed by atoms with Crippen LogP contribution in [0.15, 0.2) is 36.5 Å². The molecule has 3 aliphatic heterocycles. The Balaban J connectivity index is 1.02. The van der Waals surface area contributed by atoms with Crippen LogP contribution in [-0.4, -0.2) is 97.0 Å². The molecule has 4 aliphatic carbocycles. The summed E-state index contributed by atoms with van der Waals surface area (Å²) in [7, 11) is -3.90. The Bertz CT molecular complexity index is 2100. The van der Waals surface area contributed by atoms with Crippen LogP contribution in [0.1, 0.15) is 78.1 Å². The van der Waals surface area contributed by atoms with Crippen molar-refractivity contribution in [3.63, 3.8) is 0 Å². The number of aromatic nitrogens is 1. The number of benzene rings is 1. The van der Waals surface area contributed by atoms with Crippen LogP contribution in [0.2, 0.25) is 0 Å². The van der Waals surface area contributed by atoms with E-state index in [9.17, 15) is 27.6 Å². The molecule has 9 rings (SSSR count). The van der Waals surface area contributed by atoms with Crippen molar-refractivity contribution in [1.82, 2.24) is 25.2 Å². The Morgan fingerprint density at radius 3 is 2.54 bits per heavy atom. The topological polar surface area (TPSA) is 192 Å². The van der Waals surface area contributed by atoms with Crippen LogP contribution in [0.5, 0.6) is 17.4 Å². The Kier molecular flexibility index (Phi) is 9.75. The van der Waals surface area contributed by atoms with Gasteiger partial charge < -0.3 is 34.5 Å². The van der Waals surface area contributed by atoms with Gasteiger partial charge in [0.1, 0.15) is 43.0 Å². The maximum Gasteiger partial charge on any atom is 0.408 e. The maximum absolute atomic E-state index is 14.9. The fourth-order valence-electron chi connectivity index (χ4n) is 9.56. The molecule has 0 radical (unpaired) electrons. The van der Waals surface area contributed by atoms with Gasteiger partial charge in [0.25, 0.3) is 5.91 Å². The van der Waals surface area contributed by atoms with Crippen LogP contribution >= 0.6 is 0 Å². The molecule has 4 saturated carbocycles. The molecule has 1 aromatic carbocycles. The summed E-state index contributed by atoms with van der Waals surface area (Å²) >= 11 is 0. The van der Waals surface area contributed by atoms with E-state index in [1.807, 2.05) is 31.2 Å². The zero-order valence-electron chi connectivity index (χ0n) is 32.3. The predicted molar refractivity (Wildman–Crippen MR) is 206 cm³/mol. The number of sulfonamides is 1. The highest BCUT2D eigenvalue weighted by atomic mass is 32.2. The van der Waals surface area contributed by atoms with Gasteiger partial charge >= 0.3 is 6.09 Å². The quantitative estimate of drug-likeness (QED) is 0.346. The first-order chi connectivity index (χ1) is 27.4. The molecule has 0 bridgehead atoms. The SMILES string of the molecule is C[C@@H]1CC/C=C\[C@@H]2C[C@@]2(C(=O)NS(=O)(=O)C2CC2)NC(=O)[C@@H]2C[C@@H](Oc3nccc4c5c(ccc34)OCCO5)CN2C(=O)[C@@H](NC(=O)OC2C[C@@H]3C[C@@H]3C2)[C@H](C)C1. The van der Waals surface area contributed by atoms with Gasteiger partial charge in [0.15, 0.2) is 11.5 Å². The van der Waals surface area contributed by atoms with E-state index in [4.69, 9.17) is 18.9 Å². The van der Waals surface area contributed by atoms with E-state index < -0.39 is 68.7 Å². The first kappa shape index (κ1) is 37.9. The van der Waals surface area contributed by atoms with Gasteiger partial charge in [-0.3, -0.25) is 19.1 Å². The second kappa shape index (κ2) is 14.7. The smallest absolute Gasteiger partial charge is 0.408 e. The van der Waals surface area contributed by atoms with E-state index in [0.717, 1.165) is 24.6 Å². The van der Waals surface area contributed by atoms with E-state index in [0.29, 0.717) is 67.6 Å². The van der Waals surface area contributed by atoms with Gasteiger partial charge in [-0.15, -0.1) is 0 Å². The van der Waals surface area contributed by atoms with Crippen molar-refractivity contribution in [2.75, 3.05) is 19.8 Å². The number of rotatable bonds is 7. The number of hydrogen-bond donors (Lipinski definition) is 3. The second-order valence-electron chi connectivity index (χ2n) is 17.4. The van der Waals surface area contributed by atoms with Gasteiger partial charge in [-0.2, -0.15) is 0 Å². The minimum absolute atomic E-state index is 0.0143. The largest absolute Gasteiger partial charge is 0.486 e. The Morgan fingerprint density at radius 2 is 1.75 bits per heavy atom. The molecule has 15 nitrogen and oxygen atoms in total. The number of fused-ring (bicyclic) bond motifs is 6. The number of nitrogens with one attached hydrogen (secondary N) is 3.